The van der Waals surface area contributed by atoms with Gasteiger partial charge < -0.3 is 0 Å². The van der Waals surface area contributed by atoms with Gasteiger partial charge in [0.25, 0.3) is 0 Å². The number of hydrogen-bond donors (Lipinski definition) is 0. The number of carbonyl (C=O) groups excluding carboxylic acids is 1. The summed E-state index contributed by atoms with van der Waals surface area (Å²) in [5.41, 5.74) is 9.20. The highest BCUT2D eigenvalue weighted by molar-refractivity contribution is 6.09. The molecule has 0 N–H and O–H groups in total. The third kappa shape index (κ3) is 6.29. The fraction of sp³-hybridized carbons (Fsp3) is 0.219. The summed E-state index contributed by atoms with van der Waals surface area (Å²) in [5.74, 6) is 0.0902. The smallest absolute Gasteiger partial charge is 0.193 e. The van der Waals surface area contributed by atoms with Crippen LogP contribution in [0.1, 0.15) is 63.1 Å². The van der Waals surface area contributed by atoms with Crippen LogP contribution in [0.15, 0.2) is 97.1 Å². The normalized spacial score (nSPS) is 10.8. The standard InChI is InChI=1S/C17H20.C15H14O/c1-13-7-5-9-15(11-13)17(3,4)16-10-6-8-14(2)12-16;1-11-5-3-7-13(9-11)15(16)14-8-4-6-12(2)10-14/h5-12H,1-4H3;3-10H,1-2H3. The minimum Gasteiger partial charge on any atom is -0.289 e. The van der Waals surface area contributed by atoms with Crippen LogP contribution in [-0.2, 0) is 5.41 Å². The zero-order valence-corrected chi connectivity index (χ0v) is 20.6. The number of carbonyl (C=O) groups is 1. The lowest BCUT2D eigenvalue weighted by atomic mass is 9.77. The minimum absolute atomic E-state index is 0.0675. The van der Waals surface area contributed by atoms with Crippen molar-refractivity contribution in [3.63, 3.8) is 0 Å². The van der Waals surface area contributed by atoms with E-state index in [0.717, 1.165) is 22.3 Å². The Hall–Kier alpha value is -3.45. The third-order valence-corrected chi connectivity index (χ3v) is 6.04. The topological polar surface area (TPSA) is 17.1 Å². The van der Waals surface area contributed by atoms with Gasteiger partial charge in [-0.05, 0) is 51.0 Å². The van der Waals surface area contributed by atoms with Crippen molar-refractivity contribution in [3.05, 3.63) is 142 Å². The van der Waals surface area contributed by atoms with Crippen molar-refractivity contribution in [2.24, 2.45) is 0 Å². The first-order valence-electron chi connectivity index (χ1n) is 11.5. The molecular weight excluding hydrogens is 400 g/mol. The van der Waals surface area contributed by atoms with E-state index in [1.54, 1.807) is 0 Å². The third-order valence-electron chi connectivity index (χ3n) is 6.04. The summed E-state index contributed by atoms with van der Waals surface area (Å²) in [7, 11) is 0. The average molecular weight is 435 g/mol. The zero-order chi connectivity index (χ0) is 24.0. The molecule has 4 rings (SSSR count). The van der Waals surface area contributed by atoms with Crippen LogP contribution in [0, 0.1) is 27.7 Å². The molecule has 0 atom stereocenters. The molecule has 0 saturated carbocycles. The Morgan fingerprint density at radius 3 is 1.18 bits per heavy atom. The fourth-order valence-electron chi connectivity index (χ4n) is 3.97. The SMILES string of the molecule is Cc1cccc(C(=O)c2cccc(C)c2)c1.Cc1cccc(C(C)(C)c2cccc(C)c2)c1. The van der Waals surface area contributed by atoms with Gasteiger partial charge in [0.2, 0.25) is 0 Å². The van der Waals surface area contributed by atoms with E-state index in [1.165, 1.54) is 22.3 Å². The largest absolute Gasteiger partial charge is 0.289 e. The van der Waals surface area contributed by atoms with Gasteiger partial charge in [0.1, 0.15) is 0 Å². The summed E-state index contributed by atoms with van der Waals surface area (Å²) in [6.45, 7) is 12.9. The van der Waals surface area contributed by atoms with Crippen molar-refractivity contribution in [3.8, 4) is 0 Å². The molecule has 4 aromatic carbocycles. The number of benzene rings is 4. The van der Waals surface area contributed by atoms with Gasteiger partial charge in [-0.3, -0.25) is 4.79 Å². The summed E-state index contributed by atoms with van der Waals surface area (Å²) < 4.78 is 0. The number of hydrogen-bond acceptors (Lipinski definition) is 1. The molecule has 0 spiro atoms. The maximum atomic E-state index is 12.2. The molecule has 0 aliphatic rings. The summed E-state index contributed by atoms with van der Waals surface area (Å²) >= 11 is 0. The highest BCUT2D eigenvalue weighted by Gasteiger charge is 2.22. The van der Waals surface area contributed by atoms with Crippen LogP contribution in [0.4, 0.5) is 0 Å². The molecular formula is C32H34O. The maximum absolute atomic E-state index is 12.2. The van der Waals surface area contributed by atoms with Crippen molar-refractivity contribution >= 4 is 5.78 Å². The summed E-state index contributed by atoms with van der Waals surface area (Å²) in [6.07, 6.45) is 0. The van der Waals surface area contributed by atoms with E-state index in [-0.39, 0.29) is 11.2 Å². The van der Waals surface area contributed by atoms with Gasteiger partial charge in [0.15, 0.2) is 5.78 Å². The summed E-state index contributed by atoms with van der Waals surface area (Å²) in [6, 6.07) is 33.0. The van der Waals surface area contributed by atoms with Crippen LogP contribution in [0.25, 0.3) is 0 Å². The van der Waals surface area contributed by atoms with Crippen LogP contribution < -0.4 is 0 Å². The second-order valence-corrected chi connectivity index (χ2v) is 9.43. The maximum Gasteiger partial charge on any atom is 0.193 e. The first kappa shape index (κ1) is 24.2. The molecule has 0 aromatic heterocycles. The quantitative estimate of drug-likeness (QED) is 0.296. The van der Waals surface area contributed by atoms with Crippen LogP contribution >= 0.6 is 0 Å². The van der Waals surface area contributed by atoms with Crippen LogP contribution in [-0.4, -0.2) is 5.78 Å². The molecule has 0 amide bonds. The number of ketones is 1. The Kier molecular flexibility index (Phi) is 7.66. The predicted molar refractivity (Wildman–Crippen MR) is 140 cm³/mol. The van der Waals surface area contributed by atoms with Gasteiger partial charge in [-0.2, -0.15) is 0 Å². The second-order valence-electron chi connectivity index (χ2n) is 9.43. The van der Waals surface area contributed by atoms with Crippen LogP contribution in [0.2, 0.25) is 0 Å². The molecule has 0 aliphatic carbocycles. The Morgan fingerprint density at radius 2 is 0.848 bits per heavy atom. The van der Waals surface area contributed by atoms with Crippen molar-refractivity contribution in [1.82, 2.24) is 0 Å². The highest BCUT2D eigenvalue weighted by Crippen LogP contribution is 2.32. The van der Waals surface area contributed by atoms with Crippen molar-refractivity contribution in [1.29, 1.82) is 0 Å². The monoisotopic (exact) mass is 434 g/mol. The van der Waals surface area contributed by atoms with E-state index in [4.69, 9.17) is 0 Å². The van der Waals surface area contributed by atoms with Gasteiger partial charge in [-0.1, -0.05) is 121 Å². The van der Waals surface area contributed by atoms with E-state index in [2.05, 4.69) is 76.2 Å². The Balaban J connectivity index is 0.000000186. The molecule has 0 heterocycles. The zero-order valence-electron chi connectivity index (χ0n) is 20.6. The van der Waals surface area contributed by atoms with E-state index in [0.29, 0.717) is 0 Å². The van der Waals surface area contributed by atoms with E-state index >= 15 is 0 Å². The van der Waals surface area contributed by atoms with Gasteiger partial charge in [-0.25, -0.2) is 0 Å². The van der Waals surface area contributed by atoms with Gasteiger partial charge in [0, 0.05) is 16.5 Å². The highest BCUT2D eigenvalue weighted by atomic mass is 16.1. The molecule has 1 nitrogen and oxygen atoms in total. The second kappa shape index (κ2) is 10.4. The minimum atomic E-state index is 0.0675. The lowest BCUT2D eigenvalue weighted by Crippen LogP contribution is -2.19. The fourth-order valence-corrected chi connectivity index (χ4v) is 3.97. The van der Waals surface area contributed by atoms with Gasteiger partial charge in [-0.15, -0.1) is 0 Å². The molecule has 4 aromatic rings. The summed E-state index contributed by atoms with van der Waals surface area (Å²) in [5, 5.41) is 0. The Morgan fingerprint density at radius 1 is 0.515 bits per heavy atom. The van der Waals surface area contributed by atoms with Crippen molar-refractivity contribution in [2.75, 3.05) is 0 Å². The predicted octanol–water partition coefficient (Wildman–Crippen LogP) is 8.16. The molecule has 0 fully saturated rings. The lowest BCUT2D eigenvalue weighted by molar-refractivity contribution is 0.103. The Labute approximate surface area is 199 Å². The first-order valence-corrected chi connectivity index (χ1v) is 11.5. The van der Waals surface area contributed by atoms with Crippen LogP contribution in [0.5, 0.6) is 0 Å². The molecule has 168 valence electrons. The van der Waals surface area contributed by atoms with Crippen molar-refractivity contribution < 1.29 is 4.79 Å². The number of aryl methyl sites for hydroxylation is 4. The molecule has 1 heteroatoms. The van der Waals surface area contributed by atoms with Gasteiger partial charge in [0.05, 0.1) is 0 Å². The van der Waals surface area contributed by atoms with Gasteiger partial charge >= 0.3 is 0 Å². The lowest BCUT2D eigenvalue weighted by Gasteiger charge is -2.26. The van der Waals surface area contributed by atoms with Crippen molar-refractivity contribution in [2.45, 2.75) is 47.0 Å². The first-order chi connectivity index (χ1) is 15.7. The Bertz CT molecular complexity index is 1150. The molecule has 0 bridgehead atoms. The number of rotatable bonds is 4. The molecule has 33 heavy (non-hydrogen) atoms. The van der Waals surface area contributed by atoms with Crippen LogP contribution in [0.3, 0.4) is 0 Å². The molecule has 0 unspecified atom stereocenters. The molecule has 0 saturated heterocycles. The summed E-state index contributed by atoms with van der Waals surface area (Å²) in [4.78, 5) is 12.2. The van der Waals surface area contributed by atoms with E-state index in [9.17, 15) is 4.79 Å². The molecule has 0 aliphatic heterocycles. The average Bonchev–Trinajstić information content (AvgIpc) is 2.79. The van der Waals surface area contributed by atoms with E-state index in [1.807, 2.05) is 62.4 Å². The van der Waals surface area contributed by atoms with E-state index < -0.39 is 0 Å². The molecule has 0 radical (unpaired) electrons.